The van der Waals surface area contributed by atoms with Gasteiger partial charge in [0.2, 0.25) is 5.91 Å². The summed E-state index contributed by atoms with van der Waals surface area (Å²) in [7, 11) is 0. The van der Waals surface area contributed by atoms with Gasteiger partial charge in [-0.05, 0) is 32.0 Å². The highest BCUT2D eigenvalue weighted by Gasteiger charge is 2.34. The first-order chi connectivity index (χ1) is 13.4. The molecular weight excluding hydrogens is 399 g/mol. The van der Waals surface area contributed by atoms with Crippen molar-refractivity contribution in [3.05, 3.63) is 58.1 Å². The second-order valence-corrected chi connectivity index (χ2v) is 7.55. The molecule has 3 heterocycles. The first-order valence-electron chi connectivity index (χ1n) is 8.78. The Labute approximate surface area is 172 Å². The molecule has 0 bridgehead atoms. The van der Waals surface area contributed by atoms with Crippen LogP contribution in [0.25, 0.3) is 5.82 Å². The van der Waals surface area contributed by atoms with Crippen molar-refractivity contribution in [3.8, 4) is 5.82 Å². The van der Waals surface area contributed by atoms with Gasteiger partial charge in [-0.25, -0.2) is 14.6 Å². The lowest BCUT2D eigenvalue weighted by atomic mass is 9.99. The number of hydrogen-bond acceptors (Lipinski definition) is 5. The van der Waals surface area contributed by atoms with Crippen LogP contribution in [0.15, 0.2) is 36.7 Å². The first kappa shape index (κ1) is 18.7. The number of benzene rings is 1. The topological polar surface area (TPSA) is 75.9 Å². The molecule has 144 valence electrons. The van der Waals surface area contributed by atoms with Gasteiger partial charge in [-0.1, -0.05) is 29.3 Å². The number of anilines is 2. The predicted molar refractivity (Wildman–Crippen MR) is 109 cm³/mol. The van der Waals surface area contributed by atoms with E-state index in [2.05, 4.69) is 20.4 Å². The third kappa shape index (κ3) is 3.55. The number of halogens is 2. The highest BCUT2D eigenvalue weighted by atomic mass is 35.5. The van der Waals surface area contributed by atoms with Crippen LogP contribution >= 0.6 is 23.2 Å². The van der Waals surface area contributed by atoms with E-state index in [1.807, 2.05) is 30.9 Å². The van der Waals surface area contributed by atoms with Gasteiger partial charge in [0.15, 0.2) is 5.82 Å². The standard InChI is InChI=1S/C19H18Cl2N6O/c1-11-6-12(2)27(25-11)17-7-16(22-10-23-17)26-8-13(9-26)19(28)24-15-5-3-4-14(20)18(15)21/h3-7,10,13H,8-9H2,1-2H3,(H,24,28). The normalized spacial score (nSPS) is 14.1. The van der Waals surface area contributed by atoms with E-state index in [1.165, 1.54) is 6.33 Å². The summed E-state index contributed by atoms with van der Waals surface area (Å²) < 4.78 is 1.78. The van der Waals surface area contributed by atoms with Gasteiger partial charge in [0.25, 0.3) is 0 Å². The molecule has 3 aromatic rings. The van der Waals surface area contributed by atoms with E-state index in [0.29, 0.717) is 34.6 Å². The fourth-order valence-corrected chi connectivity index (χ4v) is 3.50. The maximum Gasteiger partial charge on any atom is 0.231 e. The summed E-state index contributed by atoms with van der Waals surface area (Å²) in [6.07, 6.45) is 1.51. The van der Waals surface area contributed by atoms with E-state index in [4.69, 9.17) is 23.2 Å². The molecule has 28 heavy (non-hydrogen) atoms. The van der Waals surface area contributed by atoms with Crippen molar-refractivity contribution in [1.82, 2.24) is 19.7 Å². The number of carbonyl (C=O) groups excluding carboxylic acids is 1. The predicted octanol–water partition coefficient (Wildman–Crippen LogP) is 3.66. The zero-order valence-corrected chi connectivity index (χ0v) is 16.9. The summed E-state index contributed by atoms with van der Waals surface area (Å²) in [5.41, 5.74) is 2.45. The van der Waals surface area contributed by atoms with Crippen molar-refractivity contribution >= 4 is 40.6 Å². The van der Waals surface area contributed by atoms with Crippen LogP contribution in [-0.4, -0.2) is 38.7 Å². The Morgan fingerprint density at radius 3 is 2.61 bits per heavy atom. The number of carbonyl (C=O) groups is 1. The third-order valence-corrected chi connectivity index (χ3v) is 5.47. The number of rotatable bonds is 4. The number of aryl methyl sites for hydroxylation is 2. The van der Waals surface area contributed by atoms with E-state index in [9.17, 15) is 4.79 Å². The number of nitrogens with one attached hydrogen (secondary N) is 1. The summed E-state index contributed by atoms with van der Waals surface area (Å²) in [6.45, 7) is 5.05. The minimum Gasteiger partial charge on any atom is -0.355 e. The average molecular weight is 417 g/mol. The van der Waals surface area contributed by atoms with Crippen LogP contribution in [0.5, 0.6) is 0 Å². The van der Waals surface area contributed by atoms with Gasteiger partial charge in [-0.2, -0.15) is 5.10 Å². The summed E-state index contributed by atoms with van der Waals surface area (Å²) in [5.74, 6) is 1.23. The summed E-state index contributed by atoms with van der Waals surface area (Å²) >= 11 is 12.1. The number of aromatic nitrogens is 4. The number of hydrogen-bond donors (Lipinski definition) is 1. The molecule has 9 heteroatoms. The van der Waals surface area contributed by atoms with Crippen molar-refractivity contribution in [2.24, 2.45) is 5.92 Å². The van der Waals surface area contributed by atoms with E-state index < -0.39 is 0 Å². The molecule has 0 saturated carbocycles. The molecule has 0 unspecified atom stereocenters. The van der Waals surface area contributed by atoms with Crippen LogP contribution in [0, 0.1) is 19.8 Å². The Balaban J connectivity index is 1.42. The van der Waals surface area contributed by atoms with Crippen LogP contribution in [0.2, 0.25) is 10.0 Å². The maximum atomic E-state index is 12.5. The molecule has 0 radical (unpaired) electrons. The quantitative estimate of drug-likeness (QED) is 0.701. The lowest BCUT2D eigenvalue weighted by Crippen LogP contribution is -2.52. The van der Waals surface area contributed by atoms with Gasteiger partial charge >= 0.3 is 0 Å². The molecule has 1 aliphatic rings. The Morgan fingerprint density at radius 1 is 1.14 bits per heavy atom. The van der Waals surface area contributed by atoms with Crippen LogP contribution in [-0.2, 0) is 4.79 Å². The first-order valence-corrected chi connectivity index (χ1v) is 9.53. The van der Waals surface area contributed by atoms with Gasteiger partial charge in [0, 0.05) is 24.8 Å². The van der Waals surface area contributed by atoms with Gasteiger partial charge in [0.05, 0.1) is 27.3 Å². The Morgan fingerprint density at radius 2 is 1.89 bits per heavy atom. The highest BCUT2D eigenvalue weighted by Crippen LogP contribution is 2.31. The molecule has 1 amide bonds. The molecule has 1 aromatic carbocycles. The van der Waals surface area contributed by atoms with Gasteiger partial charge in [-0.3, -0.25) is 4.79 Å². The van der Waals surface area contributed by atoms with E-state index in [0.717, 1.165) is 17.2 Å². The van der Waals surface area contributed by atoms with Crippen LogP contribution < -0.4 is 10.2 Å². The molecule has 1 saturated heterocycles. The second kappa shape index (κ2) is 7.41. The molecule has 1 fully saturated rings. The fraction of sp³-hybridized carbons (Fsp3) is 0.263. The van der Waals surface area contributed by atoms with Gasteiger partial charge in [-0.15, -0.1) is 0 Å². The lowest BCUT2D eigenvalue weighted by Gasteiger charge is -2.39. The molecule has 2 aromatic heterocycles. The molecular formula is C19H18Cl2N6O. The molecule has 1 aliphatic heterocycles. The van der Waals surface area contributed by atoms with Crippen molar-refractivity contribution in [2.75, 3.05) is 23.3 Å². The SMILES string of the molecule is Cc1cc(C)n(-c2cc(N3CC(C(=O)Nc4cccc(Cl)c4Cl)C3)ncn2)n1. The van der Waals surface area contributed by atoms with Crippen molar-refractivity contribution < 1.29 is 4.79 Å². The van der Waals surface area contributed by atoms with E-state index in [-0.39, 0.29) is 11.8 Å². The zero-order valence-electron chi connectivity index (χ0n) is 15.4. The number of amides is 1. The largest absolute Gasteiger partial charge is 0.355 e. The summed E-state index contributed by atoms with van der Waals surface area (Å²) in [4.78, 5) is 23.2. The molecule has 7 nitrogen and oxygen atoms in total. The summed E-state index contributed by atoms with van der Waals surface area (Å²) in [5, 5.41) is 8.05. The van der Waals surface area contributed by atoms with Crippen molar-refractivity contribution in [3.63, 3.8) is 0 Å². The van der Waals surface area contributed by atoms with Crippen molar-refractivity contribution in [1.29, 1.82) is 0 Å². The third-order valence-electron chi connectivity index (χ3n) is 4.65. The minimum atomic E-state index is -0.151. The second-order valence-electron chi connectivity index (χ2n) is 6.77. The Bertz CT molecular complexity index is 1040. The van der Waals surface area contributed by atoms with Crippen molar-refractivity contribution in [2.45, 2.75) is 13.8 Å². The van der Waals surface area contributed by atoms with E-state index >= 15 is 0 Å². The fourth-order valence-electron chi connectivity index (χ4n) is 3.15. The zero-order chi connectivity index (χ0) is 19.8. The van der Waals surface area contributed by atoms with Gasteiger partial charge in [0.1, 0.15) is 12.1 Å². The monoisotopic (exact) mass is 416 g/mol. The molecule has 4 rings (SSSR count). The van der Waals surface area contributed by atoms with Crippen LogP contribution in [0.4, 0.5) is 11.5 Å². The molecule has 1 N–H and O–H groups in total. The Hall–Kier alpha value is -2.64. The highest BCUT2D eigenvalue weighted by molar-refractivity contribution is 6.44. The molecule has 0 atom stereocenters. The van der Waals surface area contributed by atoms with Gasteiger partial charge < -0.3 is 10.2 Å². The van der Waals surface area contributed by atoms with Crippen LogP contribution in [0.3, 0.4) is 0 Å². The number of nitrogens with zero attached hydrogens (tertiary/aromatic N) is 5. The molecule has 0 aliphatic carbocycles. The summed E-state index contributed by atoms with van der Waals surface area (Å²) in [6, 6.07) is 9.03. The van der Waals surface area contributed by atoms with E-state index in [1.54, 1.807) is 22.9 Å². The molecule has 0 spiro atoms. The minimum absolute atomic E-state index is 0.0896. The van der Waals surface area contributed by atoms with Crippen LogP contribution in [0.1, 0.15) is 11.4 Å². The average Bonchev–Trinajstić information content (AvgIpc) is 2.96. The lowest BCUT2D eigenvalue weighted by molar-refractivity contribution is -0.120. The Kier molecular flexibility index (Phi) is 4.95. The maximum absolute atomic E-state index is 12.5. The smallest absolute Gasteiger partial charge is 0.231 e.